The van der Waals surface area contributed by atoms with E-state index < -0.39 is 0 Å². The Hall–Kier alpha value is -3.42. The summed E-state index contributed by atoms with van der Waals surface area (Å²) in [4.78, 5) is 16.6. The molecule has 0 saturated heterocycles. The molecule has 142 valence electrons. The summed E-state index contributed by atoms with van der Waals surface area (Å²) in [6.07, 6.45) is 3.70. The molecule has 4 aromatic heterocycles. The van der Waals surface area contributed by atoms with E-state index in [2.05, 4.69) is 30.1 Å². The standard InChI is InChI=1S/C20H20N6O2/c1-10(2)14-8-12-7-13(25-26-17(12)23-19(14)27)6-11(3)15-9-16-18(24-20(15)28)22-5-4-21-16/h4-5,7-11H,6H2,1-3H3,(H,22,24,28)(H,23,26,27). The van der Waals surface area contributed by atoms with Crippen molar-refractivity contribution in [2.45, 2.75) is 39.0 Å². The van der Waals surface area contributed by atoms with Crippen molar-refractivity contribution in [2.24, 2.45) is 0 Å². The number of aromatic nitrogens is 6. The van der Waals surface area contributed by atoms with Gasteiger partial charge in [-0.05, 0) is 36.5 Å². The molecule has 4 aromatic rings. The minimum absolute atomic E-state index is 0.00816. The van der Waals surface area contributed by atoms with E-state index in [1.807, 2.05) is 32.9 Å². The van der Waals surface area contributed by atoms with Crippen LogP contribution in [0.4, 0.5) is 0 Å². The molecule has 0 aromatic carbocycles. The SMILES string of the molecule is CC(C)c1cc2cc(CC(C)c3cc4nccnc4nc3O)nnc2nc1O. The zero-order valence-corrected chi connectivity index (χ0v) is 15.8. The molecule has 0 bridgehead atoms. The predicted octanol–water partition coefficient (Wildman–Crippen LogP) is 3.24. The summed E-state index contributed by atoms with van der Waals surface area (Å²) in [7, 11) is 0. The lowest BCUT2D eigenvalue weighted by molar-refractivity contribution is 0.442. The number of fused-ring (bicyclic) bond motifs is 2. The number of aromatic hydroxyl groups is 2. The summed E-state index contributed by atoms with van der Waals surface area (Å²) in [5.74, 6) is 0.0311. The molecule has 1 unspecified atom stereocenters. The molecule has 8 heteroatoms. The first-order chi connectivity index (χ1) is 13.4. The second kappa shape index (κ2) is 6.95. The van der Waals surface area contributed by atoms with Crippen LogP contribution in [0.15, 0.2) is 30.6 Å². The van der Waals surface area contributed by atoms with Gasteiger partial charge in [-0.1, -0.05) is 20.8 Å². The van der Waals surface area contributed by atoms with Crippen molar-refractivity contribution in [3.05, 3.63) is 47.4 Å². The molecule has 0 aliphatic carbocycles. The second-order valence-electron chi connectivity index (χ2n) is 7.21. The average Bonchev–Trinajstić information content (AvgIpc) is 2.66. The summed E-state index contributed by atoms with van der Waals surface area (Å²) in [5.41, 5.74) is 3.67. The summed E-state index contributed by atoms with van der Waals surface area (Å²) >= 11 is 0. The van der Waals surface area contributed by atoms with Gasteiger partial charge in [0.15, 0.2) is 11.3 Å². The third kappa shape index (κ3) is 3.28. The summed E-state index contributed by atoms with van der Waals surface area (Å²) in [6.45, 7) is 5.98. The lowest BCUT2D eigenvalue weighted by atomic mass is 9.96. The number of hydrogen-bond acceptors (Lipinski definition) is 8. The molecule has 0 aliphatic rings. The van der Waals surface area contributed by atoms with Crippen molar-refractivity contribution in [2.75, 3.05) is 0 Å². The smallest absolute Gasteiger partial charge is 0.216 e. The van der Waals surface area contributed by atoms with Crippen molar-refractivity contribution in [3.63, 3.8) is 0 Å². The van der Waals surface area contributed by atoms with E-state index >= 15 is 0 Å². The molecule has 0 fully saturated rings. The van der Waals surface area contributed by atoms with Gasteiger partial charge in [0.05, 0.1) is 5.69 Å². The van der Waals surface area contributed by atoms with Gasteiger partial charge in [-0.25, -0.2) is 4.98 Å². The second-order valence-corrected chi connectivity index (χ2v) is 7.21. The molecule has 1 atom stereocenters. The Morgan fingerprint density at radius 2 is 1.54 bits per heavy atom. The van der Waals surface area contributed by atoms with Crippen LogP contribution in [-0.4, -0.2) is 40.3 Å². The van der Waals surface area contributed by atoms with E-state index in [1.54, 1.807) is 18.5 Å². The van der Waals surface area contributed by atoms with Gasteiger partial charge in [0.2, 0.25) is 11.8 Å². The van der Waals surface area contributed by atoms with Crippen LogP contribution >= 0.6 is 0 Å². The van der Waals surface area contributed by atoms with Gasteiger partial charge in [-0.2, -0.15) is 15.1 Å². The topological polar surface area (TPSA) is 118 Å². The molecule has 28 heavy (non-hydrogen) atoms. The van der Waals surface area contributed by atoms with Gasteiger partial charge in [0, 0.05) is 28.9 Å². The average molecular weight is 376 g/mol. The highest BCUT2D eigenvalue weighted by Crippen LogP contribution is 2.30. The molecule has 0 aliphatic heterocycles. The third-order valence-corrected chi connectivity index (χ3v) is 4.77. The monoisotopic (exact) mass is 376 g/mol. The maximum absolute atomic E-state index is 10.3. The fourth-order valence-electron chi connectivity index (χ4n) is 3.25. The van der Waals surface area contributed by atoms with Crippen LogP contribution in [-0.2, 0) is 6.42 Å². The summed E-state index contributed by atoms with van der Waals surface area (Å²) in [5, 5.41) is 29.5. The Morgan fingerprint density at radius 1 is 0.821 bits per heavy atom. The highest BCUT2D eigenvalue weighted by atomic mass is 16.3. The van der Waals surface area contributed by atoms with E-state index in [4.69, 9.17) is 0 Å². The molecule has 0 saturated carbocycles. The van der Waals surface area contributed by atoms with Gasteiger partial charge in [-0.3, -0.25) is 4.98 Å². The Balaban J connectivity index is 1.67. The molecule has 4 rings (SSSR count). The minimum Gasteiger partial charge on any atom is -0.493 e. The molecule has 0 spiro atoms. The first-order valence-electron chi connectivity index (χ1n) is 9.09. The maximum atomic E-state index is 10.3. The van der Waals surface area contributed by atoms with Crippen LogP contribution in [0.5, 0.6) is 11.8 Å². The Labute approximate surface area is 161 Å². The Morgan fingerprint density at radius 3 is 2.32 bits per heavy atom. The number of pyridine rings is 2. The number of rotatable bonds is 4. The van der Waals surface area contributed by atoms with Crippen molar-refractivity contribution < 1.29 is 10.2 Å². The minimum atomic E-state index is -0.0553. The summed E-state index contributed by atoms with van der Waals surface area (Å²) in [6, 6.07) is 5.62. The van der Waals surface area contributed by atoms with E-state index in [-0.39, 0.29) is 23.6 Å². The van der Waals surface area contributed by atoms with E-state index in [0.717, 1.165) is 16.6 Å². The first-order valence-corrected chi connectivity index (χ1v) is 9.09. The lowest BCUT2D eigenvalue weighted by Gasteiger charge is -2.13. The van der Waals surface area contributed by atoms with Crippen LogP contribution in [0, 0.1) is 0 Å². The maximum Gasteiger partial charge on any atom is 0.216 e. The molecule has 4 heterocycles. The van der Waals surface area contributed by atoms with E-state index in [1.165, 1.54) is 0 Å². The van der Waals surface area contributed by atoms with Crippen LogP contribution in [0.3, 0.4) is 0 Å². The highest BCUT2D eigenvalue weighted by molar-refractivity contribution is 5.76. The summed E-state index contributed by atoms with van der Waals surface area (Å²) < 4.78 is 0. The normalized spacial score (nSPS) is 12.7. The van der Waals surface area contributed by atoms with Gasteiger partial charge >= 0.3 is 0 Å². The van der Waals surface area contributed by atoms with Gasteiger partial charge in [0.25, 0.3) is 0 Å². The zero-order chi connectivity index (χ0) is 19.8. The largest absolute Gasteiger partial charge is 0.493 e. The van der Waals surface area contributed by atoms with Gasteiger partial charge < -0.3 is 10.2 Å². The fraction of sp³-hybridized carbons (Fsp3) is 0.300. The Bertz CT molecular complexity index is 1180. The van der Waals surface area contributed by atoms with Crippen LogP contribution in [0.25, 0.3) is 22.2 Å². The number of nitrogens with zero attached hydrogens (tertiary/aromatic N) is 6. The predicted molar refractivity (Wildman–Crippen MR) is 104 cm³/mol. The molecular formula is C20H20N6O2. The van der Waals surface area contributed by atoms with Crippen LogP contribution < -0.4 is 0 Å². The lowest BCUT2D eigenvalue weighted by Crippen LogP contribution is -2.04. The molecule has 8 nitrogen and oxygen atoms in total. The van der Waals surface area contributed by atoms with Gasteiger partial charge in [-0.15, -0.1) is 5.10 Å². The van der Waals surface area contributed by atoms with E-state index in [9.17, 15) is 10.2 Å². The van der Waals surface area contributed by atoms with Crippen LogP contribution in [0.2, 0.25) is 0 Å². The van der Waals surface area contributed by atoms with Crippen molar-refractivity contribution in [3.8, 4) is 11.8 Å². The zero-order valence-electron chi connectivity index (χ0n) is 15.8. The molecule has 2 N–H and O–H groups in total. The van der Waals surface area contributed by atoms with Crippen LogP contribution in [0.1, 0.15) is 49.4 Å². The molecule has 0 radical (unpaired) electrons. The van der Waals surface area contributed by atoms with E-state index in [0.29, 0.717) is 28.8 Å². The van der Waals surface area contributed by atoms with Gasteiger partial charge in [0.1, 0.15) is 5.52 Å². The van der Waals surface area contributed by atoms with Crippen molar-refractivity contribution >= 4 is 22.2 Å². The first kappa shape index (κ1) is 18.0. The molecular weight excluding hydrogens is 356 g/mol. The quantitative estimate of drug-likeness (QED) is 0.557. The fourth-order valence-corrected chi connectivity index (χ4v) is 3.25. The molecule has 0 amide bonds. The van der Waals surface area contributed by atoms with Crippen molar-refractivity contribution in [1.29, 1.82) is 0 Å². The highest BCUT2D eigenvalue weighted by Gasteiger charge is 2.17. The van der Waals surface area contributed by atoms with Crippen molar-refractivity contribution in [1.82, 2.24) is 30.1 Å². The Kier molecular flexibility index (Phi) is 4.46. The number of hydrogen-bond donors (Lipinski definition) is 2. The third-order valence-electron chi connectivity index (χ3n) is 4.77.